The van der Waals surface area contributed by atoms with Crippen molar-refractivity contribution in [2.75, 3.05) is 12.3 Å². The lowest BCUT2D eigenvalue weighted by Gasteiger charge is -2.35. The quantitative estimate of drug-likeness (QED) is 0.863. The van der Waals surface area contributed by atoms with E-state index in [4.69, 9.17) is 5.73 Å². The monoisotopic (exact) mass is 296 g/mol. The molecule has 0 aromatic heterocycles. The molecule has 0 aromatic rings. The van der Waals surface area contributed by atoms with Gasteiger partial charge in [0.2, 0.25) is 10.0 Å². The molecule has 0 unspecified atom stereocenters. The van der Waals surface area contributed by atoms with E-state index in [1.807, 2.05) is 6.92 Å². The summed E-state index contributed by atoms with van der Waals surface area (Å²) < 4.78 is 26.4. The first-order valence-corrected chi connectivity index (χ1v) is 8.35. The zero-order valence-corrected chi connectivity index (χ0v) is 12.7. The molecule has 0 aromatic carbocycles. The Bertz CT molecular complexity index is 355. The fraction of sp³-hybridized carbons (Fsp3) is 1.00. The molecular formula is C12H25ClN2O2S. The van der Waals surface area contributed by atoms with Crippen molar-refractivity contribution in [1.29, 1.82) is 0 Å². The van der Waals surface area contributed by atoms with Gasteiger partial charge in [-0.3, -0.25) is 0 Å². The van der Waals surface area contributed by atoms with Crippen molar-refractivity contribution < 1.29 is 8.42 Å². The molecule has 4 nitrogen and oxygen atoms in total. The van der Waals surface area contributed by atoms with E-state index in [9.17, 15) is 8.42 Å². The Kier molecular flexibility index (Phi) is 5.90. The summed E-state index contributed by atoms with van der Waals surface area (Å²) in [4.78, 5) is 0. The van der Waals surface area contributed by atoms with Crippen LogP contribution in [0.1, 0.15) is 45.4 Å². The molecule has 0 spiro atoms. The number of sulfonamides is 1. The summed E-state index contributed by atoms with van der Waals surface area (Å²) in [5.74, 6) is 0.745. The molecule has 2 aliphatic rings. The smallest absolute Gasteiger partial charge is 0.214 e. The van der Waals surface area contributed by atoms with Gasteiger partial charge in [-0.25, -0.2) is 8.42 Å². The average Bonchev–Trinajstić information content (AvgIpc) is 2.68. The minimum Gasteiger partial charge on any atom is -0.328 e. The van der Waals surface area contributed by atoms with Crippen molar-refractivity contribution in [3.05, 3.63) is 0 Å². The maximum absolute atomic E-state index is 12.3. The second kappa shape index (κ2) is 6.55. The highest BCUT2D eigenvalue weighted by atomic mass is 35.5. The van der Waals surface area contributed by atoms with E-state index in [-0.39, 0.29) is 24.5 Å². The number of hydrogen-bond donors (Lipinski definition) is 1. The van der Waals surface area contributed by atoms with Gasteiger partial charge in [0, 0.05) is 18.6 Å². The van der Waals surface area contributed by atoms with Crippen molar-refractivity contribution >= 4 is 22.4 Å². The molecule has 0 radical (unpaired) electrons. The molecule has 1 aliphatic heterocycles. The Balaban J connectivity index is 0.00000162. The third-order valence-corrected chi connectivity index (χ3v) is 6.28. The van der Waals surface area contributed by atoms with Gasteiger partial charge in [-0.05, 0) is 38.5 Å². The maximum atomic E-state index is 12.3. The predicted molar refractivity (Wildman–Crippen MR) is 76.4 cm³/mol. The van der Waals surface area contributed by atoms with E-state index in [1.165, 1.54) is 12.8 Å². The largest absolute Gasteiger partial charge is 0.328 e. The minimum absolute atomic E-state index is 0. The van der Waals surface area contributed by atoms with Gasteiger partial charge in [0.25, 0.3) is 0 Å². The number of hydrogen-bond acceptors (Lipinski definition) is 3. The number of nitrogens with zero attached hydrogens (tertiary/aromatic N) is 1. The third-order valence-electron chi connectivity index (χ3n) is 4.13. The number of nitrogens with two attached hydrogens (primary N) is 1. The van der Waals surface area contributed by atoms with Gasteiger partial charge in [0.05, 0.1) is 5.75 Å². The standard InChI is InChI=1S/C12H24N2O2S.ClH/c1-10-8-12(13)6-7-14(10)17(15,16)9-11-4-2-3-5-11;/h10-12H,2-9,13H2,1H3;1H/t10-,12-;/m1./s1. The van der Waals surface area contributed by atoms with Crippen molar-refractivity contribution in [1.82, 2.24) is 4.31 Å². The topological polar surface area (TPSA) is 63.4 Å². The highest BCUT2D eigenvalue weighted by Gasteiger charge is 2.34. The van der Waals surface area contributed by atoms with Crippen LogP contribution in [0.3, 0.4) is 0 Å². The first kappa shape index (κ1) is 16.2. The van der Waals surface area contributed by atoms with E-state index in [1.54, 1.807) is 4.31 Å². The Labute approximate surface area is 117 Å². The number of halogens is 1. The Hall–Kier alpha value is 0.160. The molecule has 2 rings (SSSR count). The van der Waals surface area contributed by atoms with E-state index in [0.29, 0.717) is 18.2 Å². The highest BCUT2D eigenvalue weighted by Crippen LogP contribution is 2.28. The fourth-order valence-corrected chi connectivity index (χ4v) is 5.31. The zero-order chi connectivity index (χ0) is 12.5. The Morgan fingerprint density at radius 2 is 1.83 bits per heavy atom. The van der Waals surface area contributed by atoms with Gasteiger partial charge in [0.15, 0.2) is 0 Å². The molecule has 1 aliphatic carbocycles. The minimum atomic E-state index is -3.06. The van der Waals surface area contributed by atoms with Gasteiger partial charge in [-0.15, -0.1) is 12.4 Å². The van der Waals surface area contributed by atoms with Crippen LogP contribution in [-0.4, -0.2) is 37.1 Å². The van der Waals surface area contributed by atoms with Crippen LogP contribution in [0.15, 0.2) is 0 Å². The molecule has 0 bridgehead atoms. The summed E-state index contributed by atoms with van der Waals surface area (Å²) in [5, 5.41) is 0. The van der Waals surface area contributed by atoms with Crippen LogP contribution in [0.25, 0.3) is 0 Å². The van der Waals surface area contributed by atoms with Crippen LogP contribution < -0.4 is 5.73 Å². The van der Waals surface area contributed by atoms with Crippen LogP contribution in [-0.2, 0) is 10.0 Å². The van der Waals surface area contributed by atoms with E-state index >= 15 is 0 Å². The lowest BCUT2D eigenvalue weighted by Crippen LogP contribution is -2.49. The van der Waals surface area contributed by atoms with Crippen LogP contribution in [0, 0.1) is 5.92 Å². The molecule has 6 heteroatoms. The lowest BCUT2D eigenvalue weighted by atomic mass is 10.0. The number of piperidine rings is 1. The molecule has 2 N–H and O–H groups in total. The highest BCUT2D eigenvalue weighted by molar-refractivity contribution is 7.89. The number of rotatable bonds is 3. The molecule has 0 amide bonds. The second-order valence-corrected chi connectivity index (χ2v) is 7.64. The third kappa shape index (κ3) is 3.83. The molecule has 2 fully saturated rings. The summed E-state index contributed by atoms with van der Waals surface area (Å²) in [6.07, 6.45) is 6.15. The van der Waals surface area contributed by atoms with E-state index in [0.717, 1.165) is 25.7 Å². The molecular weight excluding hydrogens is 272 g/mol. The van der Waals surface area contributed by atoms with Gasteiger partial charge < -0.3 is 5.73 Å². The Morgan fingerprint density at radius 3 is 2.39 bits per heavy atom. The average molecular weight is 297 g/mol. The second-order valence-electron chi connectivity index (χ2n) is 5.67. The summed E-state index contributed by atoms with van der Waals surface area (Å²) >= 11 is 0. The van der Waals surface area contributed by atoms with Gasteiger partial charge in [-0.1, -0.05) is 12.8 Å². The van der Waals surface area contributed by atoms with Crippen LogP contribution in [0.4, 0.5) is 0 Å². The van der Waals surface area contributed by atoms with E-state index < -0.39 is 10.0 Å². The van der Waals surface area contributed by atoms with Crippen LogP contribution >= 0.6 is 12.4 Å². The van der Waals surface area contributed by atoms with E-state index in [2.05, 4.69) is 0 Å². The molecule has 2 atom stereocenters. The van der Waals surface area contributed by atoms with Crippen molar-refractivity contribution in [2.24, 2.45) is 11.7 Å². The fourth-order valence-electron chi connectivity index (χ4n) is 3.17. The Morgan fingerprint density at radius 1 is 1.22 bits per heavy atom. The van der Waals surface area contributed by atoms with Crippen molar-refractivity contribution in [3.63, 3.8) is 0 Å². The summed E-state index contributed by atoms with van der Waals surface area (Å²) in [6, 6.07) is 0.244. The maximum Gasteiger partial charge on any atom is 0.214 e. The summed E-state index contributed by atoms with van der Waals surface area (Å²) in [7, 11) is -3.06. The van der Waals surface area contributed by atoms with Crippen molar-refractivity contribution in [2.45, 2.75) is 57.5 Å². The first-order valence-electron chi connectivity index (χ1n) is 6.74. The molecule has 1 saturated carbocycles. The molecule has 18 heavy (non-hydrogen) atoms. The van der Waals surface area contributed by atoms with Gasteiger partial charge in [0.1, 0.15) is 0 Å². The predicted octanol–water partition coefficient (Wildman–Crippen LogP) is 1.74. The normalized spacial score (nSPS) is 31.2. The van der Waals surface area contributed by atoms with Gasteiger partial charge in [-0.2, -0.15) is 4.31 Å². The molecule has 108 valence electrons. The summed E-state index contributed by atoms with van der Waals surface area (Å²) in [5.41, 5.74) is 5.87. The van der Waals surface area contributed by atoms with Crippen molar-refractivity contribution in [3.8, 4) is 0 Å². The van der Waals surface area contributed by atoms with Crippen LogP contribution in [0.5, 0.6) is 0 Å². The molecule has 1 saturated heterocycles. The molecule has 1 heterocycles. The van der Waals surface area contributed by atoms with Crippen LogP contribution in [0.2, 0.25) is 0 Å². The summed E-state index contributed by atoms with van der Waals surface area (Å²) in [6.45, 7) is 2.59. The lowest BCUT2D eigenvalue weighted by molar-refractivity contribution is 0.246. The zero-order valence-electron chi connectivity index (χ0n) is 11.0. The van der Waals surface area contributed by atoms with Gasteiger partial charge >= 0.3 is 0 Å². The SMILES string of the molecule is C[C@@H]1C[C@H](N)CCN1S(=O)(=O)CC1CCCC1.Cl. The first-order chi connectivity index (χ1) is 7.99.